The lowest BCUT2D eigenvalue weighted by Crippen LogP contribution is -2.47. The molecular formula is C25H31NO2S2Si. The van der Waals surface area contributed by atoms with E-state index in [9.17, 15) is 4.79 Å². The summed E-state index contributed by atoms with van der Waals surface area (Å²) in [4.78, 5) is 15.5. The monoisotopic (exact) mass is 469 g/mol. The standard InChI is InChI=1S/C25H31NO2S2Si/c1-19(23(28-31(2,3)4)16-15-20-11-7-5-8-12-20)24(27)26-22(18-30-25(26)29)17-21-13-9-6-10-14-21/h5-16,19,22-23H,17-18H2,1-4H3/b16-15+/t19-,22-,23-/m0/s1. The van der Waals surface area contributed by atoms with Crippen LogP contribution in [-0.4, -0.2) is 41.3 Å². The van der Waals surface area contributed by atoms with Gasteiger partial charge in [0, 0.05) is 5.75 Å². The molecule has 0 N–H and O–H groups in total. The summed E-state index contributed by atoms with van der Waals surface area (Å²) < 4.78 is 7.12. The van der Waals surface area contributed by atoms with Crippen LogP contribution < -0.4 is 0 Å². The van der Waals surface area contributed by atoms with Crippen molar-refractivity contribution in [1.29, 1.82) is 0 Å². The molecule has 0 bridgehead atoms. The molecule has 1 amide bonds. The van der Waals surface area contributed by atoms with Crippen molar-refractivity contribution in [2.45, 2.75) is 45.1 Å². The smallest absolute Gasteiger partial charge is 0.234 e. The fraction of sp³-hybridized carbons (Fsp3) is 0.360. The molecule has 0 saturated carbocycles. The molecule has 2 aromatic rings. The molecule has 1 saturated heterocycles. The third-order valence-electron chi connectivity index (χ3n) is 5.16. The number of nitrogens with zero attached hydrogens (tertiary/aromatic N) is 1. The molecule has 1 aliphatic heterocycles. The number of carbonyl (C=O) groups is 1. The zero-order valence-corrected chi connectivity index (χ0v) is 21.3. The summed E-state index contributed by atoms with van der Waals surface area (Å²) in [5.41, 5.74) is 2.32. The van der Waals surface area contributed by atoms with E-state index in [0.29, 0.717) is 4.32 Å². The van der Waals surface area contributed by atoms with Crippen LogP contribution in [0.25, 0.3) is 6.08 Å². The second-order valence-electron chi connectivity index (χ2n) is 8.88. The maximum Gasteiger partial charge on any atom is 0.234 e. The summed E-state index contributed by atoms with van der Waals surface area (Å²) in [5.74, 6) is 0.574. The highest BCUT2D eigenvalue weighted by Gasteiger charge is 2.39. The lowest BCUT2D eigenvalue weighted by atomic mass is 9.99. The van der Waals surface area contributed by atoms with Gasteiger partial charge in [0.2, 0.25) is 5.91 Å². The molecule has 31 heavy (non-hydrogen) atoms. The topological polar surface area (TPSA) is 29.5 Å². The van der Waals surface area contributed by atoms with E-state index < -0.39 is 8.32 Å². The number of thiocarbonyl (C=S) groups is 1. The Morgan fingerprint density at radius 3 is 2.39 bits per heavy atom. The molecule has 2 aromatic carbocycles. The van der Waals surface area contributed by atoms with Gasteiger partial charge in [0.25, 0.3) is 0 Å². The molecule has 3 rings (SSSR count). The molecule has 0 aromatic heterocycles. The third-order valence-corrected chi connectivity index (χ3v) is 7.69. The molecule has 3 atom stereocenters. The van der Waals surface area contributed by atoms with Gasteiger partial charge in [0.15, 0.2) is 8.32 Å². The Hall–Kier alpha value is -1.73. The number of rotatable bonds is 8. The van der Waals surface area contributed by atoms with Gasteiger partial charge in [-0.1, -0.05) is 104 Å². The highest BCUT2D eigenvalue weighted by molar-refractivity contribution is 8.23. The molecule has 0 aliphatic carbocycles. The zero-order chi connectivity index (χ0) is 22.4. The third kappa shape index (κ3) is 6.87. The van der Waals surface area contributed by atoms with Crippen molar-refractivity contribution in [3.63, 3.8) is 0 Å². The highest BCUT2D eigenvalue weighted by Crippen LogP contribution is 2.30. The highest BCUT2D eigenvalue weighted by atomic mass is 32.2. The van der Waals surface area contributed by atoms with Gasteiger partial charge in [-0.3, -0.25) is 9.69 Å². The SMILES string of the molecule is C[C@H](C(=O)N1C(=S)SC[C@@H]1Cc1ccccc1)[C@H](/C=C/c1ccccc1)O[Si](C)(C)C. The summed E-state index contributed by atoms with van der Waals surface area (Å²) in [6.45, 7) is 8.43. The van der Waals surface area contributed by atoms with Crippen LogP contribution in [0.1, 0.15) is 18.1 Å². The predicted octanol–water partition coefficient (Wildman–Crippen LogP) is 6.03. The fourth-order valence-corrected chi connectivity index (χ4v) is 6.14. The first-order chi connectivity index (χ1) is 14.7. The minimum Gasteiger partial charge on any atom is -0.411 e. The van der Waals surface area contributed by atoms with Gasteiger partial charge in [-0.05, 0) is 37.2 Å². The molecule has 164 valence electrons. The Labute approximate surface area is 197 Å². The van der Waals surface area contributed by atoms with Crippen LogP contribution in [0.2, 0.25) is 19.6 Å². The van der Waals surface area contributed by atoms with Crippen molar-refractivity contribution in [1.82, 2.24) is 4.90 Å². The van der Waals surface area contributed by atoms with Gasteiger partial charge in [-0.2, -0.15) is 0 Å². The van der Waals surface area contributed by atoms with Gasteiger partial charge >= 0.3 is 0 Å². The maximum absolute atomic E-state index is 13.6. The number of hydrogen-bond donors (Lipinski definition) is 0. The lowest BCUT2D eigenvalue weighted by Gasteiger charge is -2.32. The Balaban J connectivity index is 1.79. The van der Waals surface area contributed by atoms with E-state index >= 15 is 0 Å². The van der Waals surface area contributed by atoms with Gasteiger partial charge in [-0.15, -0.1) is 0 Å². The first-order valence-electron chi connectivity index (χ1n) is 10.7. The van der Waals surface area contributed by atoms with Crippen molar-refractivity contribution < 1.29 is 9.22 Å². The minimum atomic E-state index is -1.86. The lowest BCUT2D eigenvalue weighted by molar-refractivity contribution is -0.134. The second kappa shape index (κ2) is 10.7. The fourth-order valence-electron chi connectivity index (χ4n) is 3.61. The quantitative estimate of drug-likeness (QED) is 0.349. The van der Waals surface area contributed by atoms with Gasteiger partial charge in [0.1, 0.15) is 4.32 Å². The van der Waals surface area contributed by atoms with Crippen LogP contribution in [0, 0.1) is 5.92 Å². The van der Waals surface area contributed by atoms with Crippen molar-refractivity contribution >= 4 is 48.6 Å². The van der Waals surface area contributed by atoms with Gasteiger partial charge in [0.05, 0.1) is 18.1 Å². The number of amides is 1. The van der Waals surface area contributed by atoms with E-state index in [2.05, 4.69) is 43.9 Å². The van der Waals surface area contributed by atoms with Crippen LogP contribution in [0.4, 0.5) is 0 Å². The number of carbonyl (C=O) groups excluding carboxylic acids is 1. The number of hydrogen-bond acceptors (Lipinski definition) is 4. The summed E-state index contributed by atoms with van der Waals surface area (Å²) in [6.07, 6.45) is 4.61. The second-order valence-corrected chi connectivity index (χ2v) is 15.0. The first-order valence-corrected chi connectivity index (χ1v) is 15.5. The van der Waals surface area contributed by atoms with Crippen molar-refractivity contribution in [3.8, 4) is 0 Å². The molecule has 0 radical (unpaired) electrons. The molecule has 1 heterocycles. The molecule has 6 heteroatoms. The average Bonchev–Trinajstić information content (AvgIpc) is 3.10. The van der Waals surface area contributed by atoms with Gasteiger partial charge in [-0.25, -0.2) is 0 Å². The Morgan fingerprint density at radius 2 is 1.77 bits per heavy atom. The van der Waals surface area contributed by atoms with Crippen LogP contribution in [0.5, 0.6) is 0 Å². The molecule has 1 aliphatic rings. The van der Waals surface area contributed by atoms with Crippen molar-refractivity contribution in [2.75, 3.05) is 5.75 Å². The summed E-state index contributed by atoms with van der Waals surface area (Å²) in [5, 5.41) is 0. The van der Waals surface area contributed by atoms with E-state index in [0.717, 1.165) is 17.7 Å². The van der Waals surface area contributed by atoms with Crippen molar-refractivity contribution in [2.24, 2.45) is 5.92 Å². The zero-order valence-electron chi connectivity index (χ0n) is 18.7. The van der Waals surface area contributed by atoms with E-state index in [1.807, 2.05) is 60.4 Å². The minimum absolute atomic E-state index is 0.0527. The van der Waals surface area contributed by atoms with E-state index in [4.69, 9.17) is 16.6 Å². The molecule has 0 unspecified atom stereocenters. The molecule has 0 spiro atoms. The average molecular weight is 470 g/mol. The predicted molar refractivity (Wildman–Crippen MR) is 139 cm³/mol. The van der Waals surface area contributed by atoms with Crippen LogP contribution in [0.15, 0.2) is 66.7 Å². The van der Waals surface area contributed by atoms with Crippen LogP contribution in [-0.2, 0) is 15.6 Å². The Morgan fingerprint density at radius 1 is 1.16 bits per heavy atom. The summed E-state index contributed by atoms with van der Waals surface area (Å²) in [6, 6.07) is 20.5. The maximum atomic E-state index is 13.6. The van der Waals surface area contributed by atoms with E-state index in [1.165, 1.54) is 5.56 Å². The Bertz CT molecular complexity index is 912. The first kappa shape index (κ1) is 23.9. The normalized spacial score (nSPS) is 19.0. The molecule has 3 nitrogen and oxygen atoms in total. The molecular weight excluding hydrogens is 439 g/mol. The van der Waals surface area contributed by atoms with Crippen LogP contribution >= 0.6 is 24.0 Å². The van der Waals surface area contributed by atoms with Crippen LogP contribution in [0.3, 0.4) is 0 Å². The van der Waals surface area contributed by atoms with E-state index in [1.54, 1.807) is 11.8 Å². The number of benzene rings is 2. The molecule has 1 fully saturated rings. The summed E-state index contributed by atoms with van der Waals surface area (Å²) in [7, 11) is -1.86. The largest absolute Gasteiger partial charge is 0.411 e. The van der Waals surface area contributed by atoms with E-state index in [-0.39, 0.29) is 24.0 Å². The summed E-state index contributed by atoms with van der Waals surface area (Å²) >= 11 is 7.18. The Kier molecular flexibility index (Phi) is 8.28. The number of thioether (sulfide) groups is 1. The van der Waals surface area contributed by atoms with Gasteiger partial charge < -0.3 is 4.43 Å². The van der Waals surface area contributed by atoms with Crippen molar-refractivity contribution in [3.05, 3.63) is 77.9 Å².